The van der Waals surface area contributed by atoms with E-state index in [9.17, 15) is 4.79 Å². The van der Waals surface area contributed by atoms with Gasteiger partial charge in [0, 0.05) is 44.8 Å². The van der Waals surface area contributed by atoms with Crippen molar-refractivity contribution in [3.8, 4) is 0 Å². The highest BCUT2D eigenvalue weighted by Gasteiger charge is 2.29. The third-order valence-electron chi connectivity index (χ3n) is 5.25. The van der Waals surface area contributed by atoms with Crippen molar-refractivity contribution in [3.05, 3.63) is 17.6 Å². The molecule has 3 N–H and O–H groups in total. The molecule has 2 atom stereocenters. The molecule has 0 spiro atoms. The number of carbonyl (C=O) groups is 1. The van der Waals surface area contributed by atoms with Gasteiger partial charge < -0.3 is 15.0 Å². The van der Waals surface area contributed by atoms with Gasteiger partial charge in [-0.1, -0.05) is 0 Å². The van der Waals surface area contributed by atoms with E-state index in [1.807, 2.05) is 4.90 Å². The molecule has 2 saturated heterocycles. The minimum Gasteiger partial charge on any atom is -0.376 e. The average molecular weight is 346 g/mol. The van der Waals surface area contributed by atoms with Gasteiger partial charge in [-0.25, -0.2) is 15.4 Å². The van der Waals surface area contributed by atoms with Crippen LogP contribution in [0, 0.1) is 0 Å². The van der Waals surface area contributed by atoms with Crippen LogP contribution < -0.4 is 16.2 Å². The number of nitrogens with zero attached hydrogens (tertiary/aromatic N) is 3. The molecule has 0 bridgehead atoms. The molecule has 2 unspecified atom stereocenters. The second kappa shape index (κ2) is 7.63. The molecule has 1 aromatic rings. The van der Waals surface area contributed by atoms with Crippen LogP contribution in [0.1, 0.15) is 30.5 Å². The Morgan fingerprint density at radius 2 is 2.24 bits per heavy atom. The summed E-state index contributed by atoms with van der Waals surface area (Å²) in [7, 11) is 0. The van der Waals surface area contributed by atoms with Crippen molar-refractivity contribution in [2.75, 3.05) is 38.1 Å². The van der Waals surface area contributed by atoms with E-state index in [0.717, 1.165) is 68.9 Å². The van der Waals surface area contributed by atoms with Crippen molar-refractivity contribution >= 4 is 11.7 Å². The van der Waals surface area contributed by atoms with E-state index in [1.54, 1.807) is 6.33 Å². The Kier molecular flexibility index (Phi) is 5.09. The van der Waals surface area contributed by atoms with Gasteiger partial charge in [0.15, 0.2) is 0 Å². The highest BCUT2D eigenvalue weighted by Crippen LogP contribution is 2.22. The van der Waals surface area contributed by atoms with Crippen LogP contribution in [0.5, 0.6) is 0 Å². The van der Waals surface area contributed by atoms with Gasteiger partial charge in [0.1, 0.15) is 18.2 Å². The predicted octanol–water partition coefficient (Wildman–Crippen LogP) is -0.139. The second-order valence-corrected chi connectivity index (χ2v) is 6.90. The van der Waals surface area contributed by atoms with Crippen LogP contribution in [0.25, 0.3) is 0 Å². The Labute approximate surface area is 147 Å². The minimum absolute atomic E-state index is 0.107. The maximum atomic E-state index is 12.6. The molecular formula is C17H26N6O2. The van der Waals surface area contributed by atoms with Crippen LogP contribution in [-0.4, -0.2) is 65.7 Å². The van der Waals surface area contributed by atoms with Crippen molar-refractivity contribution in [3.63, 3.8) is 0 Å². The monoisotopic (exact) mass is 346 g/mol. The number of ether oxygens (including phenoxy) is 1. The predicted molar refractivity (Wildman–Crippen MR) is 93.0 cm³/mol. The van der Waals surface area contributed by atoms with Gasteiger partial charge in [0.05, 0.1) is 11.8 Å². The molecule has 8 nitrogen and oxygen atoms in total. The molecule has 4 heterocycles. The second-order valence-electron chi connectivity index (χ2n) is 6.90. The van der Waals surface area contributed by atoms with Crippen LogP contribution in [0.3, 0.4) is 0 Å². The van der Waals surface area contributed by atoms with Crippen molar-refractivity contribution in [2.24, 2.45) is 0 Å². The Balaban J connectivity index is 1.41. The summed E-state index contributed by atoms with van der Waals surface area (Å²) in [4.78, 5) is 23.5. The fraction of sp³-hybridized carbons (Fsp3) is 0.706. The number of aromatic nitrogens is 2. The summed E-state index contributed by atoms with van der Waals surface area (Å²) in [5.41, 5.74) is 8.30. The third kappa shape index (κ3) is 3.75. The number of rotatable bonds is 4. The third-order valence-corrected chi connectivity index (χ3v) is 5.25. The smallest absolute Gasteiger partial charge is 0.241 e. The molecule has 0 aromatic carbocycles. The number of nitrogens with one attached hydrogen (secondary N) is 3. The van der Waals surface area contributed by atoms with Crippen LogP contribution >= 0.6 is 0 Å². The van der Waals surface area contributed by atoms with Crippen molar-refractivity contribution < 1.29 is 9.53 Å². The maximum Gasteiger partial charge on any atom is 0.241 e. The van der Waals surface area contributed by atoms with E-state index in [2.05, 4.69) is 26.1 Å². The summed E-state index contributed by atoms with van der Waals surface area (Å²) in [6.45, 7) is 3.91. The molecular weight excluding hydrogens is 320 g/mol. The maximum absolute atomic E-state index is 12.6. The van der Waals surface area contributed by atoms with Gasteiger partial charge in [0.2, 0.25) is 5.91 Å². The van der Waals surface area contributed by atoms with Gasteiger partial charge in [-0.2, -0.15) is 0 Å². The van der Waals surface area contributed by atoms with E-state index in [4.69, 9.17) is 4.74 Å². The molecule has 3 aliphatic rings. The Morgan fingerprint density at radius 1 is 1.32 bits per heavy atom. The number of hydrazine groups is 1. The van der Waals surface area contributed by atoms with Crippen molar-refractivity contribution in [1.29, 1.82) is 0 Å². The molecule has 0 aliphatic carbocycles. The van der Waals surface area contributed by atoms with Gasteiger partial charge >= 0.3 is 0 Å². The van der Waals surface area contributed by atoms with Crippen LogP contribution in [0.2, 0.25) is 0 Å². The van der Waals surface area contributed by atoms with E-state index in [-0.39, 0.29) is 18.1 Å². The molecule has 8 heteroatoms. The first kappa shape index (κ1) is 16.7. The highest BCUT2D eigenvalue weighted by atomic mass is 16.5. The first-order valence-corrected chi connectivity index (χ1v) is 9.26. The van der Waals surface area contributed by atoms with Crippen LogP contribution in [0.4, 0.5) is 5.82 Å². The van der Waals surface area contributed by atoms with Gasteiger partial charge in [0.25, 0.3) is 0 Å². The summed E-state index contributed by atoms with van der Waals surface area (Å²) >= 11 is 0. The molecule has 3 aliphatic heterocycles. The number of amides is 1. The average Bonchev–Trinajstić information content (AvgIpc) is 3.30. The van der Waals surface area contributed by atoms with Gasteiger partial charge in [-0.15, -0.1) is 0 Å². The summed E-state index contributed by atoms with van der Waals surface area (Å²) in [5.74, 6) is 1.08. The van der Waals surface area contributed by atoms with Gasteiger partial charge in [-0.3, -0.25) is 10.2 Å². The van der Waals surface area contributed by atoms with E-state index in [0.29, 0.717) is 13.1 Å². The molecule has 1 amide bonds. The lowest BCUT2D eigenvalue weighted by Crippen LogP contribution is -2.46. The zero-order chi connectivity index (χ0) is 17.1. The normalized spacial score (nSPS) is 26.3. The zero-order valence-corrected chi connectivity index (χ0v) is 14.5. The molecule has 0 saturated carbocycles. The number of hydrogen-bond donors (Lipinski definition) is 3. The molecule has 0 radical (unpaired) electrons. The SMILES string of the molecule is O=C(C1CCNN1)N1CCc2ncnc(NCC3CCCO3)c2CC1. The molecule has 25 heavy (non-hydrogen) atoms. The number of fused-ring (bicyclic) bond motifs is 1. The van der Waals surface area contributed by atoms with Crippen molar-refractivity contribution in [2.45, 2.75) is 44.2 Å². The quantitative estimate of drug-likeness (QED) is 0.699. The van der Waals surface area contributed by atoms with E-state index in [1.165, 1.54) is 0 Å². The standard InChI is InChI=1S/C17H26N6O2/c24-17(15-3-6-21-22-15)23-7-4-13-14(5-8-23)19-11-20-16(13)18-10-12-2-1-9-25-12/h11-12,15,21-22H,1-10H2,(H,18,19,20). The lowest BCUT2D eigenvalue weighted by atomic mass is 10.1. The van der Waals surface area contributed by atoms with Crippen LogP contribution in [-0.2, 0) is 22.4 Å². The topological polar surface area (TPSA) is 91.4 Å². The number of hydrogen-bond acceptors (Lipinski definition) is 7. The summed E-state index contributed by atoms with van der Waals surface area (Å²) in [6.07, 6.45) is 6.54. The first-order chi connectivity index (χ1) is 12.3. The summed E-state index contributed by atoms with van der Waals surface area (Å²) in [6, 6.07) is -0.107. The number of anilines is 1. The Morgan fingerprint density at radius 3 is 3.04 bits per heavy atom. The minimum atomic E-state index is -0.107. The van der Waals surface area contributed by atoms with E-state index >= 15 is 0 Å². The fourth-order valence-corrected chi connectivity index (χ4v) is 3.80. The molecule has 136 valence electrons. The van der Waals surface area contributed by atoms with Crippen molar-refractivity contribution in [1.82, 2.24) is 25.7 Å². The fourth-order valence-electron chi connectivity index (χ4n) is 3.80. The zero-order valence-electron chi connectivity index (χ0n) is 14.5. The molecule has 2 fully saturated rings. The highest BCUT2D eigenvalue weighted by molar-refractivity contribution is 5.82. The van der Waals surface area contributed by atoms with E-state index < -0.39 is 0 Å². The largest absolute Gasteiger partial charge is 0.376 e. The number of carbonyl (C=O) groups excluding carboxylic acids is 1. The van der Waals surface area contributed by atoms with Gasteiger partial charge in [-0.05, 0) is 25.7 Å². The summed E-state index contributed by atoms with van der Waals surface area (Å²) < 4.78 is 5.68. The van der Waals surface area contributed by atoms with Crippen LogP contribution in [0.15, 0.2) is 6.33 Å². The molecule has 1 aromatic heterocycles. The lowest BCUT2D eigenvalue weighted by Gasteiger charge is -2.23. The Hall–Kier alpha value is -1.77. The summed E-state index contributed by atoms with van der Waals surface area (Å²) in [5, 5.41) is 3.44. The Bertz CT molecular complexity index is 613. The molecule has 4 rings (SSSR count). The lowest BCUT2D eigenvalue weighted by molar-refractivity contribution is -0.133. The first-order valence-electron chi connectivity index (χ1n) is 9.26.